The second kappa shape index (κ2) is 6.52. The van der Waals surface area contributed by atoms with Gasteiger partial charge < -0.3 is 11.1 Å². The summed E-state index contributed by atoms with van der Waals surface area (Å²) < 4.78 is 0. The molecule has 0 unspecified atom stereocenters. The van der Waals surface area contributed by atoms with Crippen LogP contribution in [0.15, 0.2) is 6.20 Å². The van der Waals surface area contributed by atoms with Crippen LogP contribution in [0.1, 0.15) is 30.7 Å². The van der Waals surface area contributed by atoms with Crippen molar-refractivity contribution in [3.05, 3.63) is 23.0 Å². The average Bonchev–Trinajstić information content (AvgIpc) is 2.28. The van der Waals surface area contributed by atoms with Crippen LogP contribution >= 0.6 is 0 Å². The number of hydrogen-bond acceptors (Lipinski definition) is 4. The minimum absolute atomic E-state index is 0.0234. The number of likely N-dealkylation sites (N-methyl/N-ethyl adjacent to an activating group) is 1. The van der Waals surface area contributed by atoms with E-state index in [9.17, 15) is 4.79 Å². The summed E-state index contributed by atoms with van der Waals surface area (Å²) in [7, 11) is 1.90. The van der Waals surface area contributed by atoms with Crippen molar-refractivity contribution in [2.24, 2.45) is 0 Å². The molecule has 0 aliphatic rings. The number of nitrogen functional groups attached to an aromatic ring is 1. The van der Waals surface area contributed by atoms with Gasteiger partial charge in [0.2, 0.25) is 5.91 Å². The van der Waals surface area contributed by atoms with Crippen LogP contribution in [0, 0.1) is 13.8 Å². The van der Waals surface area contributed by atoms with Crippen molar-refractivity contribution in [3.8, 4) is 0 Å². The number of aryl methyl sites for hydroxylation is 1. The van der Waals surface area contributed by atoms with Crippen molar-refractivity contribution in [1.82, 2.24) is 15.2 Å². The molecular formula is C14H24N4O. The summed E-state index contributed by atoms with van der Waals surface area (Å²) in [5, 5.41) is 2.87. The first kappa shape index (κ1) is 15.4. The van der Waals surface area contributed by atoms with Crippen molar-refractivity contribution in [2.75, 3.05) is 19.3 Å². The van der Waals surface area contributed by atoms with Crippen LogP contribution in [0.3, 0.4) is 0 Å². The van der Waals surface area contributed by atoms with Gasteiger partial charge >= 0.3 is 0 Å². The van der Waals surface area contributed by atoms with E-state index in [1.165, 1.54) is 0 Å². The maximum Gasteiger partial charge on any atom is 0.234 e. The average molecular weight is 264 g/mol. The topological polar surface area (TPSA) is 71.2 Å². The van der Waals surface area contributed by atoms with Gasteiger partial charge in [0, 0.05) is 24.5 Å². The zero-order valence-electron chi connectivity index (χ0n) is 12.4. The van der Waals surface area contributed by atoms with Gasteiger partial charge in [-0.3, -0.25) is 14.7 Å². The fourth-order valence-corrected chi connectivity index (χ4v) is 1.88. The number of carbonyl (C=O) groups excluding carboxylic acids is 1. The third-order valence-electron chi connectivity index (χ3n) is 2.96. The molecule has 106 valence electrons. The van der Waals surface area contributed by atoms with Crippen molar-refractivity contribution >= 4 is 11.6 Å². The molecule has 0 radical (unpaired) electrons. The quantitative estimate of drug-likeness (QED) is 0.839. The smallest absolute Gasteiger partial charge is 0.234 e. The van der Waals surface area contributed by atoms with Gasteiger partial charge in [-0.1, -0.05) is 0 Å². The third kappa shape index (κ3) is 4.52. The number of nitrogens with zero attached hydrogens (tertiary/aromatic N) is 2. The standard InChI is InChI=1S/C14H24N4O/c1-9(2)17-13(19)8-18(5)7-12-11(4)14(15)10(3)6-16-12/h6,9H,7-8H2,1-5H3,(H2,15,16)(H,17,19). The number of hydrogen-bond donors (Lipinski definition) is 2. The molecule has 0 aliphatic heterocycles. The minimum atomic E-state index is 0.0234. The normalized spacial score (nSPS) is 11.1. The first-order valence-electron chi connectivity index (χ1n) is 6.49. The Labute approximate surface area is 115 Å². The number of rotatable bonds is 5. The molecule has 1 rings (SSSR count). The van der Waals surface area contributed by atoms with Gasteiger partial charge in [-0.15, -0.1) is 0 Å². The van der Waals surface area contributed by atoms with Gasteiger partial charge in [-0.05, 0) is 45.9 Å². The lowest BCUT2D eigenvalue weighted by Crippen LogP contribution is -2.38. The predicted molar refractivity (Wildman–Crippen MR) is 77.7 cm³/mol. The number of pyridine rings is 1. The Morgan fingerprint density at radius 1 is 1.47 bits per heavy atom. The summed E-state index contributed by atoms with van der Waals surface area (Å²) in [6.45, 7) is 8.77. The molecule has 0 bridgehead atoms. The van der Waals surface area contributed by atoms with Crippen LogP contribution < -0.4 is 11.1 Å². The highest BCUT2D eigenvalue weighted by Gasteiger charge is 2.11. The van der Waals surface area contributed by atoms with Crippen LogP contribution in [-0.2, 0) is 11.3 Å². The minimum Gasteiger partial charge on any atom is -0.398 e. The van der Waals surface area contributed by atoms with Gasteiger partial charge in [-0.25, -0.2) is 0 Å². The fourth-order valence-electron chi connectivity index (χ4n) is 1.88. The van der Waals surface area contributed by atoms with Gasteiger partial charge in [0.1, 0.15) is 0 Å². The molecule has 5 heteroatoms. The lowest BCUT2D eigenvalue weighted by Gasteiger charge is -2.19. The van der Waals surface area contributed by atoms with E-state index in [1.54, 1.807) is 6.20 Å². The van der Waals surface area contributed by atoms with E-state index < -0.39 is 0 Å². The predicted octanol–water partition coefficient (Wildman–Crippen LogP) is 1.24. The SMILES string of the molecule is Cc1cnc(CN(C)CC(=O)NC(C)C)c(C)c1N. The summed E-state index contributed by atoms with van der Waals surface area (Å²) in [6.07, 6.45) is 1.78. The highest BCUT2D eigenvalue weighted by atomic mass is 16.2. The zero-order chi connectivity index (χ0) is 14.6. The first-order chi connectivity index (χ1) is 8.81. The fraction of sp³-hybridized carbons (Fsp3) is 0.571. The molecule has 0 atom stereocenters. The van der Waals surface area contributed by atoms with Gasteiger partial charge in [0.05, 0.1) is 12.2 Å². The van der Waals surface area contributed by atoms with E-state index in [1.807, 2.05) is 39.6 Å². The monoisotopic (exact) mass is 264 g/mol. The molecule has 0 aromatic carbocycles. The van der Waals surface area contributed by atoms with E-state index in [2.05, 4.69) is 10.3 Å². The number of anilines is 1. The van der Waals surface area contributed by atoms with Crippen LogP contribution in [0.4, 0.5) is 5.69 Å². The van der Waals surface area contributed by atoms with Crippen molar-refractivity contribution in [3.63, 3.8) is 0 Å². The summed E-state index contributed by atoms with van der Waals surface area (Å²) in [5.41, 5.74) is 9.67. The van der Waals surface area contributed by atoms with E-state index >= 15 is 0 Å². The third-order valence-corrected chi connectivity index (χ3v) is 2.96. The van der Waals surface area contributed by atoms with Crippen molar-refractivity contribution < 1.29 is 4.79 Å². The summed E-state index contributed by atoms with van der Waals surface area (Å²) in [5.74, 6) is 0.0234. The molecule has 1 aromatic heterocycles. The first-order valence-corrected chi connectivity index (χ1v) is 6.49. The van der Waals surface area contributed by atoms with E-state index in [-0.39, 0.29) is 11.9 Å². The second-order valence-corrected chi connectivity index (χ2v) is 5.32. The molecule has 19 heavy (non-hydrogen) atoms. The van der Waals surface area contributed by atoms with Crippen molar-refractivity contribution in [1.29, 1.82) is 0 Å². The lowest BCUT2D eigenvalue weighted by molar-refractivity contribution is -0.122. The Kier molecular flexibility index (Phi) is 5.30. The Morgan fingerprint density at radius 2 is 2.11 bits per heavy atom. The number of carbonyl (C=O) groups is 1. The van der Waals surface area contributed by atoms with Crippen LogP contribution in [0.2, 0.25) is 0 Å². The molecule has 0 fully saturated rings. The number of aromatic nitrogens is 1. The molecule has 0 spiro atoms. The molecule has 0 aliphatic carbocycles. The van der Waals surface area contributed by atoms with E-state index in [4.69, 9.17) is 5.73 Å². The molecule has 3 N–H and O–H groups in total. The highest BCUT2D eigenvalue weighted by molar-refractivity contribution is 5.78. The van der Waals surface area contributed by atoms with Gasteiger partial charge in [0.15, 0.2) is 0 Å². The zero-order valence-corrected chi connectivity index (χ0v) is 12.4. The molecule has 1 amide bonds. The lowest BCUT2D eigenvalue weighted by atomic mass is 10.1. The van der Waals surface area contributed by atoms with Crippen LogP contribution in [0.5, 0.6) is 0 Å². The Morgan fingerprint density at radius 3 is 2.68 bits per heavy atom. The second-order valence-electron chi connectivity index (χ2n) is 5.32. The Balaban J connectivity index is 2.65. The summed E-state index contributed by atoms with van der Waals surface area (Å²) >= 11 is 0. The summed E-state index contributed by atoms with van der Waals surface area (Å²) in [6, 6.07) is 0.163. The van der Waals surface area contributed by atoms with Gasteiger partial charge in [0.25, 0.3) is 0 Å². The van der Waals surface area contributed by atoms with Crippen LogP contribution in [0.25, 0.3) is 0 Å². The Hall–Kier alpha value is -1.62. The maximum absolute atomic E-state index is 11.7. The molecule has 0 saturated carbocycles. The van der Waals surface area contributed by atoms with Gasteiger partial charge in [-0.2, -0.15) is 0 Å². The molecule has 0 saturated heterocycles. The number of amides is 1. The van der Waals surface area contributed by atoms with Crippen molar-refractivity contribution in [2.45, 2.75) is 40.3 Å². The molecule has 1 aromatic rings. The molecular weight excluding hydrogens is 240 g/mol. The largest absolute Gasteiger partial charge is 0.398 e. The highest BCUT2D eigenvalue weighted by Crippen LogP contribution is 2.18. The number of nitrogens with one attached hydrogen (secondary N) is 1. The maximum atomic E-state index is 11.7. The number of nitrogens with two attached hydrogens (primary N) is 1. The molecule has 5 nitrogen and oxygen atoms in total. The summed E-state index contributed by atoms with van der Waals surface area (Å²) in [4.78, 5) is 18.0. The Bertz CT molecular complexity index is 457. The molecule has 1 heterocycles. The van der Waals surface area contributed by atoms with E-state index in [0.717, 1.165) is 22.5 Å². The van der Waals surface area contributed by atoms with E-state index in [0.29, 0.717) is 13.1 Å². The van der Waals surface area contributed by atoms with Crippen LogP contribution in [-0.4, -0.2) is 35.4 Å².